The van der Waals surface area contributed by atoms with Crippen molar-refractivity contribution in [1.29, 1.82) is 0 Å². The van der Waals surface area contributed by atoms with E-state index in [-0.39, 0.29) is 6.10 Å². The van der Waals surface area contributed by atoms with E-state index >= 15 is 0 Å². The van der Waals surface area contributed by atoms with Crippen molar-refractivity contribution in [3.63, 3.8) is 0 Å². The zero-order valence-corrected chi connectivity index (χ0v) is 7.93. The maximum Gasteiger partial charge on any atom is 0.169 e. The molecule has 0 amide bonds. The van der Waals surface area contributed by atoms with Gasteiger partial charge in [0.15, 0.2) is 6.29 Å². The van der Waals surface area contributed by atoms with Crippen LogP contribution in [0, 0.1) is 0 Å². The van der Waals surface area contributed by atoms with Crippen molar-refractivity contribution in [3.05, 3.63) is 16.1 Å². The van der Waals surface area contributed by atoms with Crippen molar-refractivity contribution >= 4 is 17.6 Å². The molecule has 4 heteroatoms. The molecule has 0 radical (unpaired) electrons. The summed E-state index contributed by atoms with van der Waals surface area (Å²) in [6.07, 6.45) is 0.743. The van der Waals surface area contributed by atoms with Crippen LogP contribution >= 0.6 is 11.3 Å². The summed E-state index contributed by atoms with van der Waals surface area (Å²) >= 11 is 1.45. The number of aromatic nitrogens is 1. The molecule has 1 heterocycles. The highest BCUT2D eigenvalue weighted by atomic mass is 32.1. The molecule has 3 nitrogen and oxygen atoms in total. The molecular weight excluding hydrogens is 174 g/mol. The van der Waals surface area contributed by atoms with Crippen LogP contribution in [-0.4, -0.2) is 17.9 Å². The number of hydrogen-bond donors (Lipinski definition) is 0. The van der Waals surface area contributed by atoms with Crippen LogP contribution in [0.3, 0.4) is 0 Å². The summed E-state index contributed by atoms with van der Waals surface area (Å²) in [6, 6.07) is 0. The zero-order valence-electron chi connectivity index (χ0n) is 7.11. The third-order valence-electron chi connectivity index (χ3n) is 1.42. The maximum atomic E-state index is 10.3. The Bertz CT molecular complexity index is 259. The molecule has 1 unspecified atom stereocenters. The molecule has 1 aromatic rings. The number of rotatable bonds is 4. The zero-order chi connectivity index (χ0) is 8.97. The summed E-state index contributed by atoms with van der Waals surface area (Å²) < 4.78 is 5.32. The Morgan fingerprint density at radius 3 is 3.08 bits per heavy atom. The molecule has 1 atom stereocenters. The maximum absolute atomic E-state index is 10.3. The number of ether oxygens (including phenoxy) is 1. The number of thiazole rings is 1. The molecule has 0 saturated carbocycles. The fourth-order valence-electron chi connectivity index (χ4n) is 0.863. The SMILES string of the molecule is CCOC(C)c1nc(C=O)cs1. The normalized spacial score (nSPS) is 12.8. The summed E-state index contributed by atoms with van der Waals surface area (Å²) in [5.41, 5.74) is 0.488. The third-order valence-corrected chi connectivity index (χ3v) is 2.45. The molecule has 0 spiro atoms. The second-order valence-corrected chi connectivity index (χ2v) is 3.22. The highest BCUT2D eigenvalue weighted by molar-refractivity contribution is 7.09. The van der Waals surface area contributed by atoms with Gasteiger partial charge in [-0.25, -0.2) is 4.98 Å². The predicted molar refractivity (Wildman–Crippen MR) is 47.5 cm³/mol. The number of aldehydes is 1. The van der Waals surface area contributed by atoms with Crippen LogP contribution in [0.25, 0.3) is 0 Å². The second kappa shape index (κ2) is 4.33. The Morgan fingerprint density at radius 2 is 2.58 bits per heavy atom. The van der Waals surface area contributed by atoms with Crippen LogP contribution in [0.1, 0.15) is 35.4 Å². The standard InChI is InChI=1S/C8H11NO2S/c1-3-11-6(2)8-9-7(4-10)5-12-8/h4-6H,3H2,1-2H3. The van der Waals surface area contributed by atoms with Gasteiger partial charge in [-0.1, -0.05) is 0 Å². The fraction of sp³-hybridized carbons (Fsp3) is 0.500. The van der Waals surface area contributed by atoms with Gasteiger partial charge in [0, 0.05) is 12.0 Å². The van der Waals surface area contributed by atoms with Crippen molar-refractivity contribution in [1.82, 2.24) is 4.98 Å². The van der Waals surface area contributed by atoms with Crippen molar-refractivity contribution in [2.24, 2.45) is 0 Å². The molecule has 66 valence electrons. The average Bonchev–Trinajstić information content (AvgIpc) is 2.52. The predicted octanol–water partition coefficient (Wildman–Crippen LogP) is 2.05. The van der Waals surface area contributed by atoms with Gasteiger partial charge in [0.1, 0.15) is 16.8 Å². The number of hydrogen-bond acceptors (Lipinski definition) is 4. The van der Waals surface area contributed by atoms with Crippen LogP contribution < -0.4 is 0 Å². The molecule has 0 aliphatic heterocycles. The summed E-state index contributed by atoms with van der Waals surface area (Å²) in [6.45, 7) is 4.53. The Balaban J connectivity index is 2.67. The van der Waals surface area contributed by atoms with Crippen molar-refractivity contribution < 1.29 is 9.53 Å². The smallest absolute Gasteiger partial charge is 0.169 e. The highest BCUT2D eigenvalue weighted by Gasteiger charge is 2.09. The van der Waals surface area contributed by atoms with Gasteiger partial charge in [-0.05, 0) is 13.8 Å². The van der Waals surface area contributed by atoms with Crippen LogP contribution in [0.15, 0.2) is 5.38 Å². The van der Waals surface area contributed by atoms with Crippen molar-refractivity contribution in [2.45, 2.75) is 20.0 Å². The van der Waals surface area contributed by atoms with E-state index in [1.165, 1.54) is 11.3 Å². The molecule has 1 rings (SSSR count). The molecule has 0 bridgehead atoms. The fourth-order valence-corrected chi connectivity index (χ4v) is 1.63. The minimum Gasteiger partial charge on any atom is -0.372 e. The molecule has 0 aliphatic rings. The minimum absolute atomic E-state index is 0.00583. The van der Waals surface area contributed by atoms with Gasteiger partial charge in [-0.2, -0.15) is 0 Å². The molecule has 12 heavy (non-hydrogen) atoms. The van der Waals surface area contributed by atoms with Crippen LogP contribution in [0.5, 0.6) is 0 Å². The summed E-state index contributed by atoms with van der Waals surface area (Å²) in [5.74, 6) is 0. The van der Waals surface area contributed by atoms with Crippen molar-refractivity contribution in [2.75, 3.05) is 6.61 Å². The molecule has 0 aromatic carbocycles. The Labute approximate surface area is 75.4 Å². The lowest BCUT2D eigenvalue weighted by Crippen LogP contribution is -1.98. The van der Waals surface area contributed by atoms with Gasteiger partial charge in [0.2, 0.25) is 0 Å². The van der Waals surface area contributed by atoms with Gasteiger partial charge in [-0.3, -0.25) is 4.79 Å². The molecule has 0 saturated heterocycles. The van der Waals surface area contributed by atoms with E-state index in [0.29, 0.717) is 12.3 Å². The topological polar surface area (TPSA) is 39.2 Å². The summed E-state index contributed by atoms with van der Waals surface area (Å²) in [7, 11) is 0. The highest BCUT2D eigenvalue weighted by Crippen LogP contribution is 2.19. The Morgan fingerprint density at radius 1 is 1.83 bits per heavy atom. The van der Waals surface area contributed by atoms with Gasteiger partial charge in [0.25, 0.3) is 0 Å². The number of carbonyl (C=O) groups is 1. The van der Waals surface area contributed by atoms with Gasteiger partial charge >= 0.3 is 0 Å². The number of carbonyl (C=O) groups excluding carboxylic acids is 1. The molecule has 0 aliphatic carbocycles. The first kappa shape index (κ1) is 9.35. The first-order valence-electron chi connectivity index (χ1n) is 3.80. The quantitative estimate of drug-likeness (QED) is 0.674. The largest absolute Gasteiger partial charge is 0.372 e. The third kappa shape index (κ3) is 2.12. The summed E-state index contributed by atoms with van der Waals surface area (Å²) in [5, 5.41) is 2.59. The van der Waals surface area contributed by atoms with E-state index in [1.807, 2.05) is 13.8 Å². The molecule has 1 aromatic heterocycles. The first-order chi connectivity index (χ1) is 5.77. The minimum atomic E-state index is -0.00583. The Hall–Kier alpha value is -0.740. The lowest BCUT2D eigenvalue weighted by Gasteiger charge is -2.06. The second-order valence-electron chi connectivity index (χ2n) is 2.33. The molecule has 0 fully saturated rings. The Kier molecular flexibility index (Phi) is 3.37. The van der Waals surface area contributed by atoms with Gasteiger partial charge < -0.3 is 4.74 Å². The molecular formula is C8H11NO2S. The summed E-state index contributed by atoms with van der Waals surface area (Å²) in [4.78, 5) is 14.4. The lowest BCUT2D eigenvalue weighted by atomic mass is 10.4. The van der Waals surface area contributed by atoms with Crippen LogP contribution in [0.4, 0.5) is 0 Å². The van der Waals surface area contributed by atoms with E-state index in [1.54, 1.807) is 5.38 Å². The monoisotopic (exact) mass is 185 g/mol. The van der Waals surface area contributed by atoms with E-state index in [0.717, 1.165) is 11.3 Å². The number of nitrogens with zero attached hydrogens (tertiary/aromatic N) is 1. The van der Waals surface area contributed by atoms with Crippen LogP contribution in [-0.2, 0) is 4.74 Å². The van der Waals surface area contributed by atoms with Crippen LogP contribution in [0.2, 0.25) is 0 Å². The molecule has 0 N–H and O–H groups in total. The first-order valence-corrected chi connectivity index (χ1v) is 4.68. The van der Waals surface area contributed by atoms with Crippen molar-refractivity contribution in [3.8, 4) is 0 Å². The van der Waals surface area contributed by atoms with Gasteiger partial charge in [-0.15, -0.1) is 11.3 Å². The van der Waals surface area contributed by atoms with Gasteiger partial charge in [0.05, 0.1) is 0 Å². The van der Waals surface area contributed by atoms with E-state index in [9.17, 15) is 4.79 Å². The van der Waals surface area contributed by atoms with E-state index < -0.39 is 0 Å². The lowest BCUT2D eigenvalue weighted by molar-refractivity contribution is 0.0761. The van der Waals surface area contributed by atoms with E-state index in [2.05, 4.69) is 4.98 Å². The average molecular weight is 185 g/mol. The van der Waals surface area contributed by atoms with E-state index in [4.69, 9.17) is 4.74 Å².